The lowest BCUT2D eigenvalue weighted by Gasteiger charge is -2.19. The average Bonchev–Trinajstić information content (AvgIpc) is 2.41. The molecule has 1 aromatic carbocycles. The summed E-state index contributed by atoms with van der Waals surface area (Å²) in [6.07, 6.45) is 0.826. The van der Waals surface area contributed by atoms with E-state index in [0.29, 0.717) is 31.4 Å². The molecule has 0 fully saturated rings. The lowest BCUT2D eigenvalue weighted by Crippen LogP contribution is -2.22. The van der Waals surface area contributed by atoms with Crippen LogP contribution in [0.1, 0.15) is 32.8 Å². The van der Waals surface area contributed by atoms with Gasteiger partial charge in [-0.15, -0.1) is 0 Å². The summed E-state index contributed by atoms with van der Waals surface area (Å²) in [6.45, 7) is 8.56. The molecule has 118 valence electrons. The third-order valence-corrected chi connectivity index (χ3v) is 2.82. The van der Waals surface area contributed by atoms with Crippen molar-refractivity contribution >= 4 is 17.2 Å². The SMILES string of the molecule is CC(C)(C)OCCOCCCOc1cccc(C(N)=S)c1. The van der Waals surface area contributed by atoms with E-state index in [4.69, 9.17) is 32.2 Å². The van der Waals surface area contributed by atoms with Crippen LogP contribution in [-0.4, -0.2) is 37.0 Å². The minimum Gasteiger partial charge on any atom is -0.493 e. The molecule has 0 bridgehead atoms. The zero-order valence-electron chi connectivity index (χ0n) is 13.1. The quantitative estimate of drug-likeness (QED) is 0.561. The first kappa shape index (κ1) is 17.9. The second-order valence-corrected chi connectivity index (χ2v) is 6.11. The molecule has 1 rings (SSSR count). The van der Waals surface area contributed by atoms with E-state index >= 15 is 0 Å². The zero-order chi connectivity index (χ0) is 15.7. The van der Waals surface area contributed by atoms with Gasteiger partial charge in [0.25, 0.3) is 0 Å². The Hall–Kier alpha value is -1.17. The molecular weight excluding hydrogens is 286 g/mol. The fraction of sp³-hybridized carbons (Fsp3) is 0.562. The molecule has 21 heavy (non-hydrogen) atoms. The summed E-state index contributed by atoms with van der Waals surface area (Å²) in [5, 5.41) is 0. The highest BCUT2D eigenvalue weighted by Gasteiger charge is 2.08. The highest BCUT2D eigenvalue weighted by Crippen LogP contribution is 2.13. The number of rotatable bonds is 9. The van der Waals surface area contributed by atoms with Gasteiger partial charge in [0.15, 0.2) is 0 Å². The van der Waals surface area contributed by atoms with Crippen molar-refractivity contribution in [3.63, 3.8) is 0 Å². The van der Waals surface area contributed by atoms with Crippen LogP contribution in [0.15, 0.2) is 24.3 Å². The Morgan fingerprint density at radius 3 is 2.57 bits per heavy atom. The van der Waals surface area contributed by atoms with E-state index in [-0.39, 0.29) is 5.60 Å². The first-order valence-electron chi connectivity index (χ1n) is 7.13. The highest BCUT2D eigenvalue weighted by atomic mass is 32.1. The Balaban J connectivity index is 2.09. The summed E-state index contributed by atoms with van der Waals surface area (Å²) in [6, 6.07) is 7.48. The standard InChI is InChI=1S/C16H25NO3S/c1-16(2,3)20-11-10-18-8-5-9-19-14-7-4-6-13(12-14)15(17)21/h4,6-7,12H,5,8-11H2,1-3H3,(H2,17,21). The van der Waals surface area contributed by atoms with E-state index in [2.05, 4.69) is 0 Å². The Kier molecular flexibility index (Phi) is 7.64. The normalized spacial score (nSPS) is 11.4. The number of nitrogens with two attached hydrogens (primary N) is 1. The number of ether oxygens (including phenoxy) is 3. The van der Waals surface area contributed by atoms with Crippen molar-refractivity contribution in [1.82, 2.24) is 0 Å². The zero-order valence-corrected chi connectivity index (χ0v) is 13.9. The van der Waals surface area contributed by atoms with Crippen LogP contribution < -0.4 is 10.5 Å². The molecule has 0 aliphatic heterocycles. The molecule has 2 N–H and O–H groups in total. The number of benzene rings is 1. The lowest BCUT2D eigenvalue weighted by molar-refractivity contribution is -0.0357. The van der Waals surface area contributed by atoms with Gasteiger partial charge in [-0.05, 0) is 32.9 Å². The van der Waals surface area contributed by atoms with Crippen molar-refractivity contribution in [1.29, 1.82) is 0 Å². The van der Waals surface area contributed by atoms with Crippen molar-refractivity contribution in [2.75, 3.05) is 26.4 Å². The smallest absolute Gasteiger partial charge is 0.119 e. The first-order valence-corrected chi connectivity index (χ1v) is 7.54. The second kappa shape index (κ2) is 8.97. The van der Waals surface area contributed by atoms with Gasteiger partial charge in [-0.3, -0.25) is 0 Å². The van der Waals surface area contributed by atoms with E-state index in [9.17, 15) is 0 Å². The van der Waals surface area contributed by atoms with Crippen molar-refractivity contribution in [3.05, 3.63) is 29.8 Å². The predicted octanol–water partition coefficient (Wildman–Crippen LogP) is 2.92. The average molecular weight is 311 g/mol. The largest absolute Gasteiger partial charge is 0.493 e. The van der Waals surface area contributed by atoms with Crippen LogP contribution >= 0.6 is 12.2 Å². The summed E-state index contributed by atoms with van der Waals surface area (Å²) in [5.74, 6) is 0.774. The summed E-state index contributed by atoms with van der Waals surface area (Å²) in [7, 11) is 0. The van der Waals surface area contributed by atoms with Crippen LogP contribution in [0.2, 0.25) is 0 Å². The minimum atomic E-state index is -0.110. The van der Waals surface area contributed by atoms with Crippen LogP contribution in [0.4, 0.5) is 0 Å². The van der Waals surface area contributed by atoms with Gasteiger partial charge in [-0.2, -0.15) is 0 Å². The Morgan fingerprint density at radius 1 is 1.14 bits per heavy atom. The molecule has 0 atom stereocenters. The van der Waals surface area contributed by atoms with Crippen molar-refractivity contribution < 1.29 is 14.2 Å². The molecule has 0 aliphatic rings. The third-order valence-electron chi connectivity index (χ3n) is 2.58. The van der Waals surface area contributed by atoms with Gasteiger partial charge >= 0.3 is 0 Å². The molecule has 5 heteroatoms. The molecule has 0 radical (unpaired) electrons. The Bertz CT molecular complexity index is 443. The number of hydrogen-bond donors (Lipinski definition) is 1. The topological polar surface area (TPSA) is 53.7 Å². The number of thiocarbonyl (C=S) groups is 1. The fourth-order valence-corrected chi connectivity index (χ4v) is 1.73. The molecule has 0 amide bonds. The van der Waals surface area contributed by atoms with Gasteiger partial charge in [0.05, 0.1) is 25.4 Å². The van der Waals surface area contributed by atoms with Crippen LogP contribution in [0.25, 0.3) is 0 Å². The number of hydrogen-bond acceptors (Lipinski definition) is 4. The molecule has 0 unspecified atom stereocenters. The maximum atomic E-state index is 5.63. The van der Waals surface area contributed by atoms with E-state index in [1.165, 1.54) is 0 Å². The molecule has 0 saturated heterocycles. The van der Waals surface area contributed by atoms with Crippen LogP contribution in [0.5, 0.6) is 5.75 Å². The van der Waals surface area contributed by atoms with Crippen LogP contribution in [0.3, 0.4) is 0 Å². The first-order chi connectivity index (χ1) is 9.88. The van der Waals surface area contributed by atoms with E-state index in [1.54, 1.807) is 0 Å². The molecule has 0 saturated carbocycles. The molecular formula is C16H25NO3S. The highest BCUT2D eigenvalue weighted by molar-refractivity contribution is 7.80. The van der Waals surface area contributed by atoms with Gasteiger partial charge < -0.3 is 19.9 Å². The molecule has 0 aromatic heterocycles. The van der Waals surface area contributed by atoms with Crippen molar-refractivity contribution in [2.45, 2.75) is 32.8 Å². The van der Waals surface area contributed by atoms with Crippen LogP contribution in [0, 0.1) is 0 Å². The molecule has 0 spiro atoms. The fourth-order valence-electron chi connectivity index (χ4n) is 1.60. The summed E-state index contributed by atoms with van der Waals surface area (Å²) in [4.78, 5) is 0.377. The van der Waals surface area contributed by atoms with Gasteiger partial charge in [0.2, 0.25) is 0 Å². The molecule has 4 nitrogen and oxygen atoms in total. The van der Waals surface area contributed by atoms with Crippen LogP contribution in [-0.2, 0) is 9.47 Å². The summed E-state index contributed by atoms with van der Waals surface area (Å²) in [5.41, 5.74) is 6.29. The van der Waals surface area contributed by atoms with E-state index < -0.39 is 0 Å². The summed E-state index contributed by atoms with van der Waals surface area (Å²) >= 11 is 4.93. The van der Waals surface area contributed by atoms with Crippen molar-refractivity contribution in [3.8, 4) is 5.75 Å². The van der Waals surface area contributed by atoms with Gasteiger partial charge in [-0.25, -0.2) is 0 Å². The van der Waals surface area contributed by atoms with Gasteiger partial charge in [0.1, 0.15) is 10.7 Å². The maximum absolute atomic E-state index is 5.63. The molecule has 0 heterocycles. The van der Waals surface area contributed by atoms with E-state index in [1.807, 2.05) is 45.0 Å². The van der Waals surface area contributed by atoms with Gasteiger partial charge in [-0.1, -0.05) is 24.4 Å². The van der Waals surface area contributed by atoms with E-state index in [0.717, 1.165) is 17.7 Å². The minimum absolute atomic E-state index is 0.110. The van der Waals surface area contributed by atoms with Gasteiger partial charge in [0, 0.05) is 18.6 Å². The molecule has 0 aliphatic carbocycles. The third kappa shape index (κ3) is 8.65. The molecule has 1 aromatic rings. The second-order valence-electron chi connectivity index (χ2n) is 5.67. The monoisotopic (exact) mass is 311 g/mol. The Labute approximate surface area is 132 Å². The predicted molar refractivity (Wildman–Crippen MR) is 89.0 cm³/mol. The van der Waals surface area contributed by atoms with Crippen molar-refractivity contribution in [2.24, 2.45) is 5.73 Å². The lowest BCUT2D eigenvalue weighted by atomic mass is 10.2. The Morgan fingerprint density at radius 2 is 1.90 bits per heavy atom. The maximum Gasteiger partial charge on any atom is 0.119 e. The summed E-state index contributed by atoms with van der Waals surface area (Å²) < 4.78 is 16.7.